The Morgan fingerprint density at radius 3 is 2.31 bits per heavy atom. The molecule has 0 aromatic rings. The van der Waals surface area contributed by atoms with Gasteiger partial charge in [-0.05, 0) is 38.3 Å². The molecule has 0 aromatic heterocycles. The second-order valence-corrected chi connectivity index (χ2v) is 6.89. The van der Waals surface area contributed by atoms with Crippen LogP contribution >= 0.6 is 0 Å². The molecule has 0 heterocycles. The number of hydrogen-bond acceptors (Lipinski definition) is 3. The molecule has 0 saturated heterocycles. The lowest BCUT2D eigenvalue weighted by Gasteiger charge is -2.22. The van der Waals surface area contributed by atoms with Crippen LogP contribution in [0.25, 0.3) is 0 Å². The molecule has 0 saturated carbocycles. The van der Waals surface area contributed by atoms with Crippen LogP contribution in [0.3, 0.4) is 0 Å². The molecule has 5 heteroatoms. The van der Waals surface area contributed by atoms with Gasteiger partial charge in [-0.15, -0.1) is 0 Å². The van der Waals surface area contributed by atoms with E-state index >= 15 is 0 Å². The molecule has 0 aliphatic heterocycles. The van der Waals surface area contributed by atoms with E-state index in [4.69, 9.17) is 0 Å². The van der Waals surface area contributed by atoms with Crippen molar-refractivity contribution in [3.05, 3.63) is 0 Å². The van der Waals surface area contributed by atoms with E-state index in [2.05, 4.69) is 30.8 Å². The van der Waals surface area contributed by atoms with Gasteiger partial charge >= 0.3 is 0 Å². The molecule has 0 fully saturated rings. The molecule has 0 aliphatic rings. The minimum Gasteiger partial charge on any atom is -0.320 e. The second-order valence-electron chi connectivity index (χ2n) is 4.97. The Morgan fingerprint density at radius 2 is 1.81 bits per heavy atom. The van der Waals surface area contributed by atoms with Crippen LogP contribution < -0.4 is 10.0 Å². The lowest BCUT2D eigenvalue weighted by atomic mass is 9.91. The minimum absolute atomic E-state index is 0.0397. The molecule has 0 bridgehead atoms. The summed E-state index contributed by atoms with van der Waals surface area (Å²) in [4.78, 5) is 0. The largest absolute Gasteiger partial charge is 0.320 e. The van der Waals surface area contributed by atoms with Crippen LogP contribution in [0.5, 0.6) is 0 Å². The van der Waals surface area contributed by atoms with Crippen LogP contribution in [-0.4, -0.2) is 34.3 Å². The summed E-state index contributed by atoms with van der Waals surface area (Å²) in [6, 6.07) is 0. The van der Waals surface area contributed by atoms with Crippen molar-refractivity contribution < 1.29 is 8.42 Å². The molecule has 0 atom stereocenters. The first kappa shape index (κ1) is 15.9. The Hall–Kier alpha value is -0.130. The third-order valence-electron chi connectivity index (χ3n) is 2.82. The van der Waals surface area contributed by atoms with E-state index in [1.807, 2.05) is 7.05 Å². The number of sulfonamides is 1. The zero-order chi connectivity index (χ0) is 12.7. The maximum Gasteiger partial charge on any atom is 0.211 e. The fraction of sp³-hybridized carbons (Fsp3) is 1.00. The van der Waals surface area contributed by atoms with Crippen molar-refractivity contribution in [2.24, 2.45) is 5.41 Å². The third kappa shape index (κ3) is 8.07. The Labute approximate surface area is 100 Å². The topological polar surface area (TPSA) is 58.2 Å². The van der Waals surface area contributed by atoms with E-state index in [1.165, 1.54) is 0 Å². The van der Waals surface area contributed by atoms with Crippen molar-refractivity contribution in [1.82, 2.24) is 10.0 Å². The van der Waals surface area contributed by atoms with Crippen LogP contribution in [0.2, 0.25) is 0 Å². The minimum atomic E-state index is -3.08. The number of rotatable bonds is 9. The molecular weight excluding hydrogens is 224 g/mol. The average Bonchev–Trinajstić information content (AvgIpc) is 2.22. The SMILES string of the molecule is CCC(C)(C)CNS(=O)(=O)CCCCNC. The normalized spacial score (nSPS) is 13.0. The highest BCUT2D eigenvalue weighted by atomic mass is 32.2. The summed E-state index contributed by atoms with van der Waals surface area (Å²) in [5.74, 6) is 0.231. The van der Waals surface area contributed by atoms with Gasteiger partial charge in [0.2, 0.25) is 10.0 Å². The van der Waals surface area contributed by atoms with E-state index in [0.717, 1.165) is 19.4 Å². The molecule has 0 radical (unpaired) electrons. The van der Waals surface area contributed by atoms with Crippen molar-refractivity contribution >= 4 is 10.0 Å². The first-order valence-electron chi connectivity index (χ1n) is 5.95. The van der Waals surface area contributed by atoms with Crippen LogP contribution in [0, 0.1) is 5.41 Å². The van der Waals surface area contributed by atoms with Crippen LogP contribution in [-0.2, 0) is 10.0 Å². The van der Waals surface area contributed by atoms with Gasteiger partial charge in [-0.1, -0.05) is 20.8 Å². The highest BCUT2D eigenvalue weighted by Crippen LogP contribution is 2.18. The van der Waals surface area contributed by atoms with E-state index < -0.39 is 10.0 Å². The van der Waals surface area contributed by atoms with Crippen molar-refractivity contribution in [2.75, 3.05) is 25.9 Å². The maximum atomic E-state index is 11.6. The molecule has 0 aliphatic carbocycles. The third-order valence-corrected chi connectivity index (χ3v) is 4.23. The number of nitrogens with one attached hydrogen (secondary N) is 2. The number of hydrogen-bond donors (Lipinski definition) is 2. The van der Waals surface area contributed by atoms with Gasteiger partial charge in [-0.2, -0.15) is 0 Å². The summed E-state index contributed by atoms with van der Waals surface area (Å²) in [6.07, 6.45) is 2.58. The smallest absolute Gasteiger partial charge is 0.211 e. The van der Waals surface area contributed by atoms with Crippen molar-refractivity contribution in [1.29, 1.82) is 0 Å². The van der Waals surface area contributed by atoms with Gasteiger partial charge in [0.1, 0.15) is 0 Å². The quantitative estimate of drug-likeness (QED) is 0.607. The van der Waals surface area contributed by atoms with Gasteiger partial charge in [-0.3, -0.25) is 0 Å². The van der Waals surface area contributed by atoms with Gasteiger partial charge in [-0.25, -0.2) is 13.1 Å². The van der Waals surface area contributed by atoms with Crippen LogP contribution in [0.4, 0.5) is 0 Å². The molecule has 0 aromatic carbocycles. The summed E-state index contributed by atoms with van der Waals surface area (Å²) in [5, 5.41) is 3.00. The fourth-order valence-corrected chi connectivity index (χ4v) is 2.44. The lowest BCUT2D eigenvalue weighted by molar-refractivity contribution is 0.350. The molecule has 0 spiro atoms. The predicted octanol–water partition coefficient (Wildman–Crippen LogP) is 1.34. The Morgan fingerprint density at radius 1 is 1.19 bits per heavy atom. The molecule has 0 amide bonds. The first-order chi connectivity index (χ1) is 7.33. The average molecular weight is 250 g/mol. The van der Waals surface area contributed by atoms with Gasteiger partial charge in [0.05, 0.1) is 5.75 Å². The zero-order valence-corrected chi connectivity index (χ0v) is 11.8. The van der Waals surface area contributed by atoms with E-state index in [1.54, 1.807) is 0 Å². The standard InChI is InChI=1S/C11H26N2O2S/c1-5-11(2,3)10-13-16(14,15)9-7-6-8-12-4/h12-13H,5-10H2,1-4H3. The summed E-state index contributed by atoms with van der Waals surface area (Å²) in [5.41, 5.74) is 0.0397. The summed E-state index contributed by atoms with van der Waals surface area (Å²) >= 11 is 0. The molecular formula is C11H26N2O2S. The monoisotopic (exact) mass is 250 g/mol. The van der Waals surface area contributed by atoms with E-state index in [0.29, 0.717) is 13.0 Å². The van der Waals surface area contributed by atoms with Crippen molar-refractivity contribution in [2.45, 2.75) is 40.0 Å². The summed E-state index contributed by atoms with van der Waals surface area (Å²) in [7, 11) is -1.21. The first-order valence-corrected chi connectivity index (χ1v) is 7.60. The Bertz CT molecular complexity index is 274. The van der Waals surface area contributed by atoms with Gasteiger partial charge in [0.15, 0.2) is 0 Å². The van der Waals surface area contributed by atoms with Crippen LogP contribution in [0.1, 0.15) is 40.0 Å². The molecule has 0 unspecified atom stereocenters. The summed E-state index contributed by atoms with van der Waals surface area (Å²) in [6.45, 7) is 7.60. The van der Waals surface area contributed by atoms with Crippen LogP contribution in [0.15, 0.2) is 0 Å². The zero-order valence-electron chi connectivity index (χ0n) is 11.0. The predicted molar refractivity (Wildman–Crippen MR) is 69.0 cm³/mol. The van der Waals surface area contributed by atoms with E-state index in [9.17, 15) is 8.42 Å². The Kier molecular flexibility index (Phi) is 7.19. The lowest BCUT2D eigenvalue weighted by Crippen LogP contribution is -2.35. The molecule has 16 heavy (non-hydrogen) atoms. The molecule has 0 rings (SSSR count). The highest BCUT2D eigenvalue weighted by Gasteiger charge is 2.18. The molecule has 2 N–H and O–H groups in total. The molecule has 98 valence electrons. The van der Waals surface area contributed by atoms with Gasteiger partial charge < -0.3 is 5.32 Å². The van der Waals surface area contributed by atoms with Crippen molar-refractivity contribution in [3.8, 4) is 0 Å². The van der Waals surface area contributed by atoms with Gasteiger partial charge in [0.25, 0.3) is 0 Å². The Balaban J connectivity index is 3.88. The van der Waals surface area contributed by atoms with Gasteiger partial charge in [0, 0.05) is 6.54 Å². The second kappa shape index (κ2) is 7.25. The summed E-state index contributed by atoms with van der Waals surface area (Å²) < 4.78 is 25.9. The maximum absolute atomic E-state index is 11.6. The fourth-order valence-electron chi connectivity index (χ4n) is 1.10. The highest BCUT2D eigenvalue weighted by molar-refractivity contribution is 7.89. The van der Waals surface area contributed by atoms with E-state index in [-0.39, 0.29) is 11.2 Å². The molecule has 4 nitrogen and oxygen atoms in total. The number of unbranched alkanes of at least 4 members (excludes halogenated alkanes) is 1. The van der Waals surface area contributed by atoms with Crippen molar-refractivity contribution in [3.63, 3.8) is 0 Å².